The third kappa shape index (κ3) is 3.36. The summed E-state index contributed by atoms with van der Waals surface area (Å²) in [6.07, 6.45) is 0.120. The van der Waals surface area contributed by atoms with Crippen LogP contribution in [-0.4, -0.2) is 29.7 Å². The average Bonchev–Trinajstić information content (AvgIpc) is 2.89. The lowest BCUT2D eigenvalue weighted by Gasteiger charge is -2.13. The number of carboxylic acid groups (broad SMARTS) is 1. The molecule has 1 heterocycles. The van der Waals surface area contributed by atoms with E-state index in [0.29, 0.717) is 6.54 Å². The predicted molar refractivity (Wildman–Crippen MR) is 82.5 cm³/mol. The Labute approximate surface area is 122 Å². The molecule has 1 N–H and O–H groups in total. The first-order valence-corrected chi connectivity index (χ1v) is 7.31. The first-order chi connectivity index (χ1) is 9.47. The van der Waals surface area contributed by atoms with Crippen LogP contribution in [0.4, 0.5) is 5.13 Å². The highest BCUT2D eigenvalue weighted by atomic mass is 32.1. The molecule has 0 spiro atoms. The van der Waals surface area contributed by atoms with Gasteiger partial charge in [-0.3, -0.25) is 4.79 Å². The summed E-state index contributed by atoms with van der Waals surface area (Å²) in [4.78, 5) is 17.0. The summed E-state index contributed by atoms with van der Waals surface area (Å²) in [5.74, 6) is -0.789. The summed E-state index contributed by atoms with van der Waals surface area (Å²) in [5, 5.41) is 11.6. The van der Waals surface area contributed by atoms with Crippen molar-refractivity contribution < 1.29 is 9.90 Å². The van der Waals surface area contributed by atoms with Crippen LogP contribution in [0.5, 0.6) is 0 Å². The number of carbonyl (C=O) groups is 1. The second-order valence-corrected chi connectivity index (χ2v) is 5.72. The van der Waals surface area contributed by atoms with Crippen LogP contribution in [0.3, 0.4) is 0 Å². The monoisotopic (exact) mass is 290 g/mol. The topological polar surface area (TPSA) is 53.4 Å². The van der Waals surface area contributed by atoms with E-state index in [0.717, 1.165) is 16.4 Å². The van der Waals surface area contributed by atoms with Crippen LogP contribution in [0.2, 0.25) is 0 Å². The highest BCUT2D eigenvalue weighted by Crippen LogP contribution is 2.28. The van der Waals surface area contributed by atoms with Crippen LogP contribution in [0, 0.1) is 13.8 Å². The minimum absolute atomic E-state index is 0.120. The van der Waals surface area contributed by atoms with Gasteiger partial charge in [-0.2, -0.15) is 0 Å². The summed E-state index contributed by atoms with van der Waals surface area (Å²) < 4.78 is 0. The highest BCUT2D eigenvalue weighted by molar-refractivity contribution is 7.14. The van der Waals surface area contributed by atoms with Gasteiger partial charge in [0.25, 0.3) is 0 Å². The second kappa shape index (κ2) is 6.05. The van der Waals surface area contributed by atoms with Gasteiger partial charge in [0.1, 0.15) is 0 Å². The molecule has 0 aliphatic heterocycles. The number of aryl methyl sites for hydroxylation is 2. The Morgan fingerprint density at radius 2 is 2.10 bits per heavy atom. The minimum Gasteiger partial charge on any atom is -0.481 e. The molecule has 0 saturated carbocycles. The van der Waals surface area contributed by atoms with Crippen LogP contribution >= 0.6 is 11.3 Å². The molecule has 4 nitrogen and oxygen atoms in total. The number of hydrogen-bond acceptors (Lipinski definition) is 4. The molecule has 1 aromatic carbocycles. The lowest BCUT2D eigenvalue weighted by molar-refractivity contribution is -0.136. The summed E-state index contributed by atoms with van der Waals surface area (Å²) in [5.41, 5.74) is 4.55. The number of carboxylic acids is 1. The van der Waals surface area contributed by atoms with Gasteiger partial charge in [0.05, 0.1) is 12.1 Å². The molecule has 0 amide bonds. The van der Waals surface area contributed by atoms with E-state index in [-0.39, 0.29) is 6.42 Å². The van der Waals surface area contributed by atoms with Crippen LogP contribution < -0.4 is 4.90 Å². The number of aliphatic carboxylic acids is 1. The van der Waals surface area contributed by atoms with Crippen molar-refractivity contribution in [3.63, 3.8) is 0 Å². The van der Waals surface area contributed by atoms with E-state index < -0.39 is 5.97 Å². The van der Waals surface area contributed by atoms with Crippen molar-refractivity contribution in [2.45, 2.75) is 20.3 Å². The molecule has 0 radical (unpaired) electrons. The Morgan fingerprint density at radius 1 is 1.35 bits per heavy atom. The van der Waals surface area contributed by atoms with Crippen molar-refractivity contribution in [2.24, 2.45) is 0 Å². The lowest BCUT2D eigenvalue weighted by Crippen LogP contribution is -2.20. The third-order valence-electron chi connectivity index (χ3n) is 3.28. The summed E-state index contributed by atoms with van der Waals surface area (Å²) in [6.45, 7) is 4.64. The number of anilines is 1. The van der Waals surface area contributed by atoms with Gasteiger partial charge in [-0.15, -0.1) is 11.3 Å². The molecule has 0 aliphatic carbocycles. The molecular weight excluding hydrogens is 272 g/mol. The number of benzene rings is 1. The number of hydrogen-bond donors (Lipinski definition) is 1. The largest absolute Gasteiger partial charge is 0.481 e. The zero-order valence-corrected chi connectivity index (χ0v) is 12.7. The number of nitrogens with zero attached hydrogens (tertiary/aromatic N) is 2. The fourth-order valence-electron chi connectivity index (χ4n) is 1.83. The van der Waals surface area contributed by atoms with Crippen LogP contribution in [-0.2, 0) is 4.79 Å². The SMILES string of the molecule is Cc1ccc(-c2csc(N(C)CCC(=O)O)n2)cc1C. The zero-order chi connectivity index (χ0) is 14.7. The zero-order valence-electron chi connectivity index (χ0n) is 11.9. The number of rotatable bonds is 5. The summed E-state index contributed by atoms with van der Waals surface area (Å²) in [7, 11) is 1.87. The Hall–Kier alpha value is -1.88. The smallest absolute Gasteiger partial charge is 0.305 e. The van der Waals surface area contributed by atoms with Gasteiger partial charge < -0.3 is 10.0 Å². The van der Waals surface area contributed by atoms with Gasteiger partial charge in [0, 0.05) is 24.5 Å². The molecule has 20 heavy (non-hydrogen) atoms. The first kappa shape index (κ1) is 14.5. The van der Waals surface area contributed by atoms with E-state index in [1.807, 2.05) is 17.3 Å². The average molecular weight is 290 g/mol. The highest BCUT2D eigenvalue weighted by Gasteiger charge is 2.10. The summed E-state index contributed by atoms with van der Waals surface area (Å²) in [6, 6.07) is 6.29. The first-order valence-electron chi connectivity index (χ1n) is 6.43. The quantitative estimate of drug-likeness (QED) is 0.917. The molecule has 0 aliphatic rings. The number of thiazole rings is 1. The Balaban J connectivity index is 2.15. The van der Waals surface area contributed by atoms with E-state index in [1.54, 1.807) is 0 Å². The van der Waals surface area contributed by atoms with Crippen LogP contribution in [0.25, 0.3) is 11.3 Å². The Morgan fingerprint density at radius 3 is 2.75 bits per heavy atom. The molecule has 0 unspecified atom stereocenters. The van der Waals surface area contributed by atoms with E-state index in [2.05, 4.69) is 37.0 Å². The maximum atomic E-state index is 10.6. The van der Waals surface area contributed by atoms with E-state index >= 15 is 0 Å². The fourth-order valence-corrected chi connectivity index (χ4v) is 2.66. The Bertz CT molecular complexity index is 622. The molecular formula is C15H18N2O2S. The fraction of sp³-hybridized carbons (Fsp3) is 0.333. The molecule has 0 bridgehead atoms. The van der Waals surface area contributed by atoms with E-state index in [4.69, 9.17) is 5.11 Å². The maximum absolute atomic E-state index is 10.6. The number of aromatic nitrogens is 1. The van der Waals surface area contributed by atoms with Gasteiger partial charge >= 0.3 is 5.97 Å². The van der Waals surface area contributed by atoms with Gasteiger partial charge in [-0.25, -0.2) is 4.98 Å². The molecule has 0 saturated heterocycles. The second-order valence-electron chi connectivity index (χ2n) is 4.88. The van der Waals surface area contributed by atoms with Crippen molar-refractivity contribution in [3.05, 3.63) is 34.7 Å². The minimum atomic E-state index is -0.789. The third-order valence-corrected chi connectivity index (χ3v) is 4.24. The molecule has 0 atom stereocenters. The van der Waals surface area contributed by atoms with Gasteiger partial charge in [-0.05, 0) is 31.0 Å². The van der Waals surface area contributed by atoms with E-state index in [1.165, 1.54) is 22.5 Å². The van der Waals surface area contributed by atoms with E-state index in [9.17, 15) is 4.79 Å². The molecule has 2 aromatic rings. The molecule has 106 valence electrons. The normalized spacial score (nSPS) is 10.6. The Kier molecular flexibility index (Phi) is 4.39. The van der Waals surface area contributed by atoms with Crippen molar-refractivity contribution in [3.8, 4) is 11.3 Å². The van der Waals surface area contributed by atoms with Crippen molar-refractivity contribution in [1.82, 2.24) is 4.98 Å². The standard InChI is InChI=1S/C15H18N2O2S/c1-10-4-5-12(8-11(10)2)13-9-20-15(16-13)17(3)7-6-14(18)19/h4-5,8-9H,6-7H2,1-3H3,(H,18,19). The molecule has 1 aromatic heterocycles. The van der Waals surface area contributed by atoms with Gasteiger partial charge in [0.2, 0.25) is 0 Å². The van der Waals surface area contributed by atoms with Gasteiger partial charge in [0.15, 0.2) is 5.13 Å². The lowest BCUT2D eigenvalue weighted by atomic mass is 10.1. The van der Waals surface area contributed by atoms with Crippen LogP contribution in [0.15, 0.2) is 23.6 Å². The van der Waals surface area contributed by atoms with Crippen molar-refractivity contribution in [1.29, 1.82) is 0 Å². The molecule has 2 rings (SSSR count). The predicted octanol–water partition coefficient (Wildman–Crippen LogP) is 3.34. The van der Waals surface area contributed by atoms with Crippen LogP contribution in [0.1, 0.15) is 17.5 Å². The molecule has 5 heteroatoms. The van der Waals surface area contributed by atoms with Crippen molar-refractivity contribution >= 4 is 22.4 Å². The van der Waals surface area contributed by atoms with Gasteiger partial charge in [-0.1, -0.05) is 12.1 Å². The van der Waals surface area contributed by atoms with Crippen molar-refractivity contribution in [2.75, 3.05) is 18.5 Å². The molecule has 0 fully saturated rings. The summed E-state index contributed by atoms with van der Waals surface area (Å²) >= 11 is 1.54. The maximum Gasteiger partial charge on any atom is 0.305 e.